The molecule has 3 aromatic rings. The highest BCUT2D eigenvalue weighted by Crippen LogP contribution is 2.36. The quantitative estimate of drug-likeness (QED) is 0.592. The van der Waals surface area contributed by atoms with E-state index in [0.717, 1.165) is 11.3 Å². The van der Waals surface area contributed by atoms with Crippen molar-refractivity contribution >= 4 is 54.6 Å². The number of anilines is 1. The van der Waals surface area contributed by atoms with Gasteiger partial charge in [-0.25, -0.2) is 12.8 Å². The number of ether oxygens (including phenoxy) is 2. The Kier molecular flexibility index (Phi) is 6.18. The molecule has 0 aliphatic carbocycles. The van der Waals surface area contributed by atoms with E-state index in [1.165, 1.54) is 47.8 Å². The van der Waals surface area contributed by atoms with Gasteiger partial charge in [0.2, 0.25) is 10.0 Å². The van der Waals surface area contributed by atoms with E-state index >= 15 is 0 Å². The van der Waals surface area contributed by atoms with Crippen LogP contribution in [0.2, 0.25) is 5.02 Å². The SMILES string of the molecule is COc1ccc(NC(=O)c2sc3cc(F)ccc3c2Cl)cc1S(=O)(=O)N1CCOCC1. The molecular weight excluding hydrogens is 467 g/mol. The van der Waals surface area contributed by atoms with Gasteiger partial charge in [0, 0.05) is 28.9 Å². The van der Waals surface area contributed by atoms with E-state index < -0.39 is 21.7 Å². The molecule has 11 heteroatoms. The minimum absolute atomic E-state index is 0.0563. The Bertz CT molecular complexity index is 1260. The molecule has 1 fully saturated rings. The average molecular weight is 485 g/mol. The van der Waals surface area contributed by atoms with Crippen LogP contribution in [0.3, 0.4) is 0 Å². The lowest BCUT2D eigenvalue weighted by molar-refractivity contribution is 0.0729. The molecule has 2 heterocycles. The number of benzene rings is 2. The van der Waals surface area contributed by atoms with Crippen LogP contribution in [-0.4, -0.2) is 52.0 Å². The second-order valence-corrected chi connectivity index (χ2v) is 10.1. The number of amides is 1. The normalized spacial score (nSPS) is 15.2. The molecule has 1 amide bonds. The smallest absolute Gasteiger partial charge is 0.267 e. The van der Waals surface area contributed by atoms with E-state index in [0.29, 0.717) is 23.3 Å². The minimum Gasteiger partial charge on any atom is -0.495 e. The molecule has 1 saturated heterocycles. The summed E-state index contributed by atoms with van der Waals surface area (Å²) in [4.78, 5) is 13.0. The number of nitrogens with one attached hydrogen (secondary N) is 1. The molecule has 0 atom stereocenters. The first kappa shape index (κ1) is 22.0. The number of carbonyl (C=O) groups is 1. The highest BCUT2D eigenvalue weighted by Gasteiger charge is 2.30. The fourth-order valence-corrected chi connectivity index (χ4v) is 6.28. The molecule has 0 bridgehead atoms. The van der Waals surface area contributed by atoms with Crippen LogP contribution in [0.15, 0.2) is 41.3 Å². The third kappa shape index (κ3) is 4.26. The minimum atomic E-state index is -3.85. The number of carbonyl (C=O) groups excluding carboxylic acids is 1. The maximum absolute atomic E-state index is 13.5. The first-order chi connectivity index (χ1) is 14.8. The summed E-state index contributed by atoms with van der Waals surface area (Å²) < 4.78 is 52.0. The van der Waals surface area contributed by atoms with Crippen LogP contribution < -0.4 is 10.1 Å². The summed E-state index contributed by atoms with van der Waals surface area (Å²) in [7, 11) is -2.47. The number of thiophene rings is 1. The van der Waals surface area contributed by atoms with Gasteiger partial charge in [0.25, 0.3) is 5.91 Å². The Morgan fingerprint density at radius 1 is 1.23 bits per heavy atom. The van der Waals surface area contributed by atoms with Gasteiger partial charge in [0.05, 0.1) is 25.3 Å². The van der Waals surface area contributed by atoms with Crippen LogP contribution in [0.1, 0.15) is 9.67 Å². The van der Waals surface area contributed by atoms with E-state index in [1.807, 2.05) is 0 Å². The Labute approximate surface area is 187 Å². The van der Waals surface area contributed by atoms with E-state index in [4.69, 9.17) is 21.1 Å². The molecule has 31 heavy (non-hydrogen) atoms. The van der Waals surface area contributed by atoms with E-state index in [9.17, 15) is 17.6 Å². The molecule has 1 aromatic heterocycles. The topological polar surface area (TPSA) is 84.9 Å². The first-order valence-corrected chi connectivity index (χ1v) is 11.9. The van der Waals surface area contributed by atoms with Crippen molar-refractivity contribution in [3.05, 3.63) is 52.1 Å². The number of hydrogen-bond donors (Lipinski definition) is 1. The van der Waals surface area contributed by atoms with Gasteiger partial charge in [0.1, 0.15) is 21.3 Å². The van der Waals surface area contributed by atoms with Crippen molar-refractivity contribution in [2.45, 2.75) is 4.90 Å². The van der Waals surface area contributed by atoms with E-state index in [1.54, 1.807) is 0 Å². The predicted octanol–water partition coefficient (Wildman–Crippen LogP) is 3.98. The zero-order chi connectivity index (χ0) is 22.2. The lowest BCUT2D eigenvalue weighted by Gasteiger charge is -2.26. The van der Waals surface area contributed by atoms with Gasteiger partial charge in [-0.3, -0.25) is 4.79 Å². The summed E-state index contributed by atoms with van der Waals surface area (Å²) in [6, 6.07) is 8.46. The Balaban J connectivity index is 1.66. The lowest BCUT2D eigenvalue weighted by atomic mass is 10.2. The number of methoxy groups -OCH3 is 1. The molecule has 4 rings (SSSR count). The highest BCUT2D eigenvalue weighted by atomic mass is 35.5. The summed E-state index contributed by atoms with van der Waals surface area (Å²) >= 11 is 7.37. The van der Waals surface area contributed by atoms with E-state index in [-0.39, 0.29) is 39.3 Å². The molecular formula is C20H18ClFN2O5S2. The summed E-state index contributed by atoms with van der Waals surface area (Å²) in [5, 5.41) is 3.46. The van der Waals surface area contributed by atoms with Gasteiger partial charge >= 0.3 is 0 Å². The zero-order valence-electron chi connectivity index (χ0n) is 16.4. The number of fused-ring (bicyclic) bond motifs is 1. The highest BCUT2D eigenvalue weighted by molar-refractivity contribution is 7.89. The molecule has 1 aliphatic rings. The third-order valence-electron chi connectivity index (χ3n) is 4.81. The van der Waals surface area contributed by atoms with Crippen LogP contribution in [0, 0.1) is 5.82 Å². The maximum Gasteiger partial charge on any atom is 0.267 e. The average Bonchev–Trinajstić information content (AvgIpc) is 3.10. The molecule has 1 N–H and O–H groups in total. The number of morpholine rings is 1. The molecule has 0 spiro atoms. The molecule has 7 nitrogen and oxygen atoms in total. The number of rotatable bonds is 5. The van der Waals surface area contributed by atoms with Gasteiger partial charge in [-0.1, -0.05) is 11.6 Å². The summed E-state index contributed by atoms with van der Waals surface area (Å²) in [6.45, 7) is 1.08. The summed E-state index contributed by atoms with van der Waals surface area (Å²) in [5.74, 6) is -0.781. The first-order valence-electron chi connectivity index (χ1n) is 9.26. The largest absolute Gasteiger partial charge is 0.495 e. The van der Waals surface area contributed by atoms with Gasteiger partial charge in [-0.05, 0) is 36.4 Å². The molecule has 0 radical (unpaired) electrons. The molecule has 2 aromatic carbocycles. The van der Waals surface area contributed by atoms with Gasteiger partial charge in [-0.2, -0.15) is 4.31 Å². The Morgan fingerprint density at radius 3 is 2.68 bits per heavy atom. The monoisotopic (exact) mass is 484 g/mol. The lowest BCUT2D eigenvalue weighted by Crippen LogP contribution is -2.40. The van der Waals surface area contributed by atoms with Gasteiger partial charge in [0.15, 0.2) is 0 Å². The number of hydrogen-bond acceptors (Lipinski definition) is 6. The van der Waals surface area contributed by atoms with Crippen molar-refractivity contribution in [1.82, 2.24) is 4.31 Å². The maximum atomic E-state index is 13.5. The molecule has 164 valence electrons. The van der Waals surface area contributed by atoms with Crippen LogP contribution in [0.25, 0.3) is 10.1 Å². The number of nitrogens with zero attached hydrogens (tertiary/aromatic N) is 1. The standard InChI is InChI=1S/C20H18ClFN2O5S2/c1-28-15-5-3-13(11-17(15)31(26,27)24-6-8-29-9-7-24)23-20(25)19-18(21)14-4-2-12(22)10-16(14)30-19/h2-5,10-11H,6-9H2,1H3,(H,23,25). The van der Waals surface area contributed by atoms with Crippen molar-refractivity contribution < 1.29 is 27.1 Å². The van der Waals surface area contributed by atoms with Crippen molar-refractivity contribution in [2.75, 3.05) is 38.7 Å². The van der Waals surface area contributed by atoms with Crippen molar-refractivity contribution in [1.29, 1.82) is 0 Å². The second-order valence-electron chi connectivity index (χ2n) is 6.72. The van der Waals surface area contributed by atoms with Crippen LogP contribution in [-0.2, 0) is 14.8 Å². The molecule has 0 saturated carbocycles. The predicted molar refractivity (Wildman–Crippen MR) is 117 cm³/mol. The number of halogens is 2. The van der Waals surface area contributed by atoms with Gasteiger partial charge in [-0.15, -0.1) is 11.3 Å². The van der Waals surface area contributed by atoms with Crippen molar-refractivity contribution in [2.24, 2.45) is 0 Å². The van der Waals surface area contributed by atoms with E-state index in [2.05, 4.69) is 5.32 Å². The zero-order valence-corrected chi connectivity index (χ0v) is 18.7. The van der Waals surface area contributed by atoms with Crippen LogP contribution in [0.5, 0.6) is 5.75 Å². The molecule has 0 unspecified atom stereocenters. The summed E-state index contributed by atoms with van der Waals surface area (Å²) in [6.07, 6.45) is 0. The van der Waals surface area contributed by atoms with Gasteiger partial charge < -0.3 is 14.8 Å². The van der Waals surface area contributed by atoms with Crippen LogP contribution >= 0.6 is 22.9 Å². The Hall–Kier alpha value is -2.24. The van der Waals surface area contributed by atoms with Crippen molar-refractivity contribution in [3.8, 4) is 5.75 Å². The third-order valence-corrected chi connectivity index (χ3v) is 8.38. The number of sulfonamides is 1. The molecule has 1 aliphatic heterocycles. The summed E-state index contributed by atoms with van der Waals surface area (Å²) in [5.41, 5.74) is 0.261. The second kappa shape index (κ2) is 8.71. The fourth-order valence-electron chi connectivity index (χ4n) is 3.25. The fraction of sp³-hybridized carbons (Fsp3) is 0.250. The Morgan fingerprint density at radius 2 is 1.97 bits per heavy atom. The van der Waals surface area contributed by atoms with Crippen molar-refractivity contribution in [3.63, 3.8) is 0 Å². The van der Waals surface area contributed by atoms with Crippen LogP contribution in [0.4, 0.5) is 10.1 Å².